The first-order valence-corrected chi connectivity index (χ1v) is 4.76. The molecule has 0 saturated heterocycles. The third kappa shape index (κ3) is 3.18. The van der Waals surface area contributed by atoms with Gasteiger partial charge < -0.3 is 15.6 Å². The highest BCUT2D eigenvalue weighted by molar-refractivity contribution is 6.31. The molecule has 3 nitrogen and oxygen atoms in total. The van der Waals surface area contributed by atoms with Gasteiger partial charge in [0.2, 0.25) is 0 Å². The number of aliphatic hydroxyl groups is 1. The van der Waals surface area contributed by atoms with E-state index < -0.39 is 0 Å². The van der Waals surface area contributed by atoms with Crippen molar-refractivity contribution < 1.29 is 9.84 Å². The van der Waals surface area contributed by atoms with Gasteiger partial charge in [0, 0.05) is 5.02 Å². The summed E-state index contributed by atoms with van der Waals surface area (Å²) >= 11 is 5.85. The number of benzene rings is 1. The zero-order valence-corrected chi connectivity index (χ0v) is 8.79. The second-order valence-electron chi connectivity index (χ2n) is 3.16. The van der Waals surface area contributed by atoms with Crippen molar-refractivity contribution in [3.05, 3.63) is 28.8 Å². The highest BCUT2D eigenvalue weighted by Crippen LogP contribution is 2.20. The fraction of sp³-hybridized carbons (Fsp3) is 0.400. The first kappa shape index (κ1) is 11.3. The molecule has 4 heteroatoms. The third-order valence-electron chi connectivity index (χ3n) is 1.83. The maximum absolute atomic E-state index is 8.69. The van der Waals surface area contributed by atoms with Gasteiger partial charge in [-0.3, -0.25) is 0 Å². The summed E-state index contributed by atoms with van der Waals surface area (Å²) in [5.41, 5.74) is 6.45. The largest absolute Gasteiger partial charge is 0.492 e. The second-order valence-corrected chi connectivity index (χ2v) is 3.57. The van der Waals surface area contributed by atoms with E-state index in [0.717, 1.165) is 11.3 Å². The quantitative estimate of drug-likeness (QED) is 0.797. The SMILES string of the molecule is Cc1cc(OCC(N)CO)ccc1Cl. The van der Waals surface area contributed by atoms with Crippen molar-refractivity contribution in [2.75, 3.05) is 13.2 Å². The van der Waals surface area contributed by atoms with Gasteiger partial charge in [0.1, 0.15) is 12.4 Å². The molecule has 78 valence electrons. The fourth-order valence-corrected chi connectivity index (χ4v) is 1.08. The van der Waals surface area contributed by atoms with Crippen molar-refractivity contribution in [3.63, 3.8) is 0 Å². The van der Waals surface area contributed by atoms with E-state index >= 15 is 0 Å². The first-order chi connectivity index (χ1) is 6.63. The number of aryl methyl sites for hydroxylation is 1. The maximum Gasteiger partial charge on any atom is 0.119 e. The number of hydrogen-bond acceptors (Lipinski definition) is 3. The van der Waals surface area contributed by atoms with E-state index in [9.17, 15) is 0 Å². The van der Waals surface area contributed by atoms with Crippen LogP contribution in [0.1, 0.15) is 5.56 Å². The smallest absolute Gasteiger partial charge is 0.119 e. The van der Waals surface area contributed by atoms with Crippen molar-refractivity contribution in [3.8, 4) is 5.75 Å². The van der Waals surface area contributed by atoms with Crippen LogP contribution in [-0.4, -0.2) is 24.4 Å². The average molecular weight is 216 g/mol. The average Bonchev–Trinajstić information content (AvgIpc) is 2.19. The lowest BCUT2D eigenvalue weighted by atomic mass is 10.2. The van der Waals surface area contributed by atoms with Crippen molar-refractivity contribution in [2.45, 2.75) is 13.0 Å². The summed E-state index contributed by atoms with van der Waals surface area (Å²) in [5, 5.41) is 9.40. The Morgan fingerprint density at radius 2 is 2.29 bits per heavy atom. The molecule has 0 aliphatic heterocycles. The van der Waals surface area contributed by atoms with E-state index in [4.69, 9.17) is 27.2 Å². The summed E-state index contributed by atoms with van der Waals surface area (Å²) in [6.07, 6.45) is 0. The molecule has 14 heavy (non-hydrogen) atoms. The van der Waals surface area contributed by atoms with Crippen LogP contribution in [0.2, 0.25) is 5.02 Å². The number of hydrogen-bond donors (Lipinski definition) is 2. The minimum absolute atomic E-state index is 0.0768. The second kappa shape index (κ2) is 5.20. The van der Waals surface area contributed by atoms with Crippen LogP contribution in [0.25, 0.3) is 0 Å². The Bertz CT molecular complexity index is 304. The van der Waals surface area contributed by atoms with Gasteiger partial charge in [-0.2, -0.15) is 0 Å². The molecule has 1 aromatic rings. The lowest BCUT2D eigenvalue weighted by molar-refractivity contribution is 0.206. The van der Waals surface area contributed by atoms with E-state index in [1.54, 1.807) is 12.1 Å². The normalized spacial score (nSPS) is 12.6. The molecule has 0 aliphatic rings. The maximum atomic E-state index is 8.69. The van der Waals surface area contributed by atoms with E-state index in [0.29, 0.717) is 11.6 Å². The number of nitrogens with two attached hydrogens (primary N) is 1. The summed E-state index contributed by atoms with van der Waals surface area (Å²) in [6.45, 7) is 2.13. The van der Waals surface area contributed by atoms with Gasteiger partial charge in [0.15, 0.2) is 0 Å². The summed E-state index contributed by atoms with van der Waals surface area (Å²) in [6, 6.07) is 5.05. The van der Waals surface area contributed by atoms with Crippen molar-refractivity contribution in [1.82, 2.24) is 0 Å². The van der Waals surface area contributed by atoms with Crippen molar-refractivity contribution in [2.24, 2.45) is 5.73 Å². The third-order valence-corrected chi connectivity index (χ3v) is 2.25. The van der Waals surface area contributed by atoms with Gasteiger partial charge in [0.05, 0.1) is 12.6 Å². The molecule has 1 unspecified atom stereocenters. The minimum Gasteiger partial charge on any atom is -0.492 e. The molecular formula is C10H14ClNO2. The predicted octanol–water partition coefficient (Wildman–Crippen LogP) is 1.35. The molecule has 0 aliphatic carbocycles. The zero-order chi connectivity index (χ0) is 10.6. The molecule has 1 atom stereocenters. The molecule has 1 aromatic carbocycles. The molecule has 3 N–H and O–H groups in total. The summed E-state index contributed by atoms with van der Waals surface area (Å²) in [4.78, 5) is 0. The van der Waals surface area contributed by atoms with Crippen LogP contribution < -0.4 is 10.5 Å². The van der Waals surface area contributed by atoms with Crippen LogP contribution in [0.3, 0.4) is 0 Å². The Morgan fingerprint density at radius 3 is 2.86 bits per heavy atom. The van der Waals surface area contributed by atoms with Crippen LogP contribution in [-0.2, 0) is 0 Å². The molecule has 0 heterocycles. The van der Waals surface area contributed by atoms with Crippen LogP contribution >= 0.6 is 11.6 Å². The van der Waals surface area contributed by atoms with Crippen LogP contribution in [0, 0.1) is 6.92 Å². The molecule has 0 aromatic heterocycles. The highest BCUT2D eigenvalue weighted by atomic mass is 35.5. The number of aliphatic hydroxyl groups excluding tert-OH is 1. The Hall–Kier alpha value is -0.770. The van der Waals surface area contributed by atoms with Gasteiger partial charge in [0.25, 0.3) is 0 Å². The summed E-state index contributed by atoms with van der Waals surface area (Å²) in [5.74, 6) is 0.718. The molecule has 1 rings (SSSR count). The molecule has 0 fully saturated rings. The van der Waals surface area contributed by atoms with Gasteiger partial charge in [-0.15, -0.1) is 0 Å². The van der Waals surface area contributed by atoms with Crippen LogP contribution in [0.15, 0.2) is 18.2 Å². The highest BCUT2D eigenvalue weighted by Gasteiger charge is 2.02. The van der Waals surface area contributed by atoms with Crippen LogP contribution in [0.5, 0.6) is 5.75 Å². The fourth-order valence-electron chi connectivity index (χ4n) is 0.963. The lowest BCUT2D eigenvalue weighted by Crippen LogP contribution is -2.31. The Kier molecular flexibility index (Phi) is 4.20. The van der Waals surface area contributed by atoms with E-state index in [1.807, 2.05) is 13.0 Å². The molecule has 0 spiro atoms. The minimum atomic E-state index is -0.342. The van der Waals surface area contributed by atoms with Gasteiger partial charge in [-0.25, -0.2) is 0 Å². The van der Waals surface area contributed by atoms with Crippen molar-refractivity contribution >= 4 is 11.6 Å². The standard InChI is InChI=1S/C10H14ClNO2/c1-7-4-9(2-3-10(7)11)14-6-8(12)5-13/h2-4,8,13H,5-6,12H2,1H3. The van der Waals surface area contributed by atoms with E-state index in [-0.39, 0.29) is 12.6 Å². The Morgan fingerprint density at radius 1 is 1.57 bits per heavy atom. The Labute approximate surface area is 88.4 Å². The summed E-state index contributed by atoms with van der Waals surface area (Å²) in [7, 11) is 0. The van der Waals surface area contributed by atoms with Gasteiger partial charge in [-0.05, 0) is 30.7 Å². The predicted molar refractivity (Wildman–Crippen MR) is 56.7 cm³/mol. The number of ether oxygens (including phenoxy) is 1. The monoisotopic (exact) mass is 215 g/mol. The van der Waals surface area contributed by atoms with Crippen LogP contribution in [0.4, 0.5) is 0 Å². The number of halogens is 1. The lowest BCUT2D eigenvalue weighted by Gasteiger charge is -2.11. The number of rotatable bonds is 4. The van der Waals surface area contributed by atoms with E-state index in [2.05, 4.69) is 0 Å². The summed E-state index contributed by atoms with van der Waals surface area (Å²) < 4.78 is 5.35. The zero-order valence-electron chi connectivity index (χ0n) is 8.03. The molecule has 0 bridgehead atoms. The molecule has 0 amide bonds. The molecule has 0 saturated carbocycles. The molecule has 0 radical (unpaired) electrons. The van der Waals surface area contributed by atoms with E-state index in [1.165, 1.54) is 0 Å². The van der Waals surface area contributed by atoms with Gasteiger partial charge >= 0.3 is 0 Å². The Balaban J connectivity index is 2.55. The topological polar surface area (TPSA) is 55.5 Å². The van der Waals surface area contributed by atoms with Gasteiger partial charge in [-0.1, -0.05) is 11.6 Å². The first-order valence-electron chi connectivity index (χ1n) is 4.39. The molecular weight excluding hydrogens is 202 g/mol. The van der Waals surface area contributed by atoms with Crippen molar-refractivity contribution in [1.29, 1.82) is 0 Å².